The highest BCUT2D eigenvalue weighted by Crippen LogP contribution is 2.54. The Balaban J connectivity index is 1.39. The molecule has 1 aliphatic carbocycles. The van der Waals surface area contributed by atoms with Gasteiger partial charge in [-0.25, -0.2) is 0 Å². The van der Waals surface area contributed by atoms with E-state index < -0.39 is 0 Å². The van der Waals surface area contributed by atoms with Crippen LogP contribution in [0.4, 0.5) is 0 Å². The molecule has 3 nitrogen and oxygen atoms in total. The Bertz CT molecular complexity index is 2910. The number of hydrogen-bond donors (Lipinski definition) is 0. The molecule has 222 valence electrons. The van der Waals surface area contributed by atoms with E-state index in [4.69, 9.17) is 4.42 Å². The van der Waals surface area contributed by atoms with Crippen LogP contribution in [0, 0.1) is 25.2 Å². The molecule has 0 aliphatic heterocycles. The molecule has 2 aromatic heterocycles. The van der Waals surface area contributed by atoms with E-state index in [1.54, 1.807) is 0 Å². The summed E-state index contributed by atoms with van der Waals surface area (Å²) < 4.78 is 9.08. The molecule has 3 heteroatoms. The first-order valence-electron chi connectivity index (χ1n) is 16.2. The van der Waals surface area contributed by atoms with Crippen molar-refractivity contribution in [2.75, 3.05) is 0 Å². The summed E-state index contributed by atoms with van der Waals surface area (Å²) in [5.74, 6) is 0. The molecule has 10 rings (SSSR count). The Hall–Kier alpha value is -5.85. The second-order valence-corrected chi connectivity index (χ2v) is 13.8. The van der Waals surface area contributed by atoms with E-state index >= 15 is 0 Å². The molecule has 0 N–H and O–H groups in total. The van der Waals surface area contributed by atoms with Gasteiger partial charge in [0.1, 0.15) is 11.2 Å². The summed E-state index contributed by atoms with van der Waals surface area (Å²) in [5, 5.41) is 18.9. The average Bonchev–Trinajstić information content (AvgIpc) is 3.69. The molecule has 47 heavy (non-hydrogen) atoms. The van der Waals surface area contributed by atoms with Crippen molar-refractivity contribution in [1.29, 1.82) is 5.26 Å². The van der Waals surface area contributed by atoms with Crippen LogP contribution in [0.5, 0.6) is 0 Å². The highest BCUT2D eigenvalue weighted by molar-refractivity contribution is 6.27. The van der Waals surface area contributed by atoms with Crippen molar-refractivity contribution < 1.29 is 4.42 Å². The molecule has 0 atom stereocenters. The zero-order chi connectivity index (χ0) is 31.8. The van der Waals surface area contributed by atoms with Gasteiger partial charge in [0.05, 0.1) is 28.1 Å². The first kappa shape index (κ1) is 26.4. The number of fused-ring (bicyclic) bond motifs is 14. The Labute approximate surface area is 271 Å². The van der Waals surface area contributed by atoms with Crippen molar-refractivity contribution in [2.24, 2.45) is 0 Å². The first-order valence-corrected chi connectivity index (χ1v) is 16.2. The maximum Gasteiger partial charge on any atom is 0.137 e. The van der Waals surface area contributed by atoms with Crippen LogP contribution in [0.1, 0.15) is 41.7 Å². The van der Waals surface area contributed by atoms with E-state index in [1.165, 1.54) is 66.0 Å². The number of hydrogen-bond acceptors (Lipinski definition) is 2. The monoisotopic (exact) mass is 602 g/mol. The van der Waals surface area contributed by atoms with Crippen LogP contribution >= 0.6 is 0 Å². The van der Waals surface area contributed by atoms with Gasteiger partial charge < -0.3 is 8.98 Å². The number of benzene rings is 7. The van der Waals surface area contributed by atoms with E-state index in [0.717, 1.165) is 38.4 Å². The van der Waals surface area contributed by atoms with Gasteiger partial charge in [-0.05, 0) is 111 Å². The lowest BCUT2D eigenvalue weighted by Gasteiger charge is -2.22. The lowest BCUT2D eigenvalue weighted by molar-refractivity contribution is 0.666. The van der Waals surface area contributed by atoms with Crippen LogP contribution in [0.15, 0.2) is 114 Å². The highest BCUT2D eigenvalue weighted by atomic mass is 16.3. The third-order valence-corrected chi connectivity index (χ3v) is 10.7. The van der Waals surface area contributed by atoms with E-state index in [9.17, 15) is 5.26 Å². The molecule has 0 fully saturated rings. The second-order valence-electron chi connectivity index (χ2n) is 13.8. The Morgan fingerprint density at radius 3 is 2.26 bits per heavy atom. The predicted molar refractivity (Wildman–Crippen MR) is 195 cm³/mol. The van der Waals surface area contributed by atoms with Crippen LogP contribution in [0.25, 0.3) is 82.1 Å². The van der Waals surface area contributed by atoms with Crippen LogP contribution < -0.4 is 0 Å². The van der Waals surface area contributed by atoms with Crippen molar-refractivity contribution in [3.8, 4) is 22.9 Å². The van der Waals surface area contributed by atoms with Crippen molar-refractivity contribution in [3.05, 3.63) is 137 Å². The van der Waals surface area contributed by atoms with E-state index in [-0.39, 0.29) is 5.41 Å². The zero-order valence-corrected chi connectivity index (χ0v) is 26.7. The molecule has 0 radical (unpaired) electrons. The van der Waals surface area contributed by atoms with Gasteiger partial charge in [0.25, 0.3) is 0 Å². The maximum atomic E-state index is 9.47. The zero-order valence-electron chi connectivity index (χ0n) is 26.7. The molecular weight excluding hydrogens is 572 g/mol. The van der Waals surface area contributed by atoms with E-state index in [1.807, 2.05) is 12.1 Å². The van der Waals surface area contributed by atoms with Gasteiger partial charge in [0.15, 0.2) is 0 Å². The largest absolute Gasteiger partial charge is 0.456 e. The van der Waals surface area contributed by atoms with Crippen LogP contribution in [-0.2, 0) is 5.41 Å². The van der Waals surface area contributed by atoms with Gasteiger partial charge in [-0.3, -0.25) is 0 Å². The van der Waals surface area contributed by atoms with Crippen molar-refractivity contribution >= 4 is 65.3 Å². The molecule has 0 bridgehead atoms. The van der Waals surface area contributed by atoms with Gasteiger partial charge in [0.2, 0.25) is 0 Å². The van der Waals surface area contributed by atoms with Crippen molar-refractivity contribution in [1.82, 2.24) is 4.57 Å². The number of rotatable bonds is 1. The number of furan rings is 1. The van der Waals surface area contributed by atoms with Crippen LogP contribution in [0.2, 0.25) is 0 Å². The summed E-state index contributed by atoms with van der Waals surface area (Å²) in [7, 11) is 0. The summed E-state index contributed by atoms with van der Waals surface area (Å²) in [6.45, 7) is 9.11. The fourth-order valence-corrected chi connectivity index (χ4v) is 8.65. The standard InChI is InChI=1S/C44H30N2O/c1-24-9-14-34-37(19-24)47-38-20-25(2)39-41-36(18-17-33-32-7-5-6-8-35(32)44(3,4)42(33)41)46(43(39)40(34)38)29-13-16-31-28(22-29)12-11-27-21-26(23-45)10-15-30(27)31/h5-22H,1-4H3. The SMILES string of the molecule is Cc1ccc2c(c1)oc1cc(C)c3c4c5c(ccc4n(-c4ccc6c(ccc7cc(C#N)ccc76)c4)c3c12)-c1ccccc1C5(C)C. The average molecular weight is 603 g/mol. The van der Waals surface area contributed by atoms with Gasteiger partial charge in [-0.2, -0.15) is 5.26 Å². The van der Waals surface area contributed by atoms with Gasteiger partial charge in [0, 0.05) is 27.3 Å². The van der Waals surface area contributed by atoms with E-state index in [2.05, 4.69) is 135 Å². The third kappa shape index (κ3) is 3.35. The molecule has 1 aliphatic rings. The molecule has 0 saturated heterocycles. The van der Waals surface area contributed by atoms with Gasteiger partial charge in [-0.1, -0.05) is 80.6 Å². The Morgan fingerprint density at radius 1 is 0.660 bits per heavy atom. The minimum atomic E-state index is -0.161. The van der Waals surface area contributed by atoms with Gasteiger partial charge in [-0.15, -0.1) is 0 Å². The fourth-order valence-electron chi connectivity index (χ4n) is 8.65. The Kier molecular flexibility index (Phi) is 4.99. The quantitative estimate of drug-likeness (QED) is 0.175. The molecule has 9 aromatic rings. The van der Waals surface area contributed by atoms with Crippen molar-refractivity contribution in [3.63, 3.8) is 0 Å². The third-order valence-electron chi connectivity index (χ3n) is 10.7. The summed E-state index contributed by atoms with van der Waals surface area (Å²) in [5.41, 5.74) is 13.7. The summed E-state index contributed by atoms with van der Waals surface area (Å²) in [6.07, 6.45) is 0. The van der Waals surface area contributed by atoms with Crippen LogP contribution in [0.3, 0.4) is 0 Å². The molecule has 0 saturated carbocycles. The summed E-state index contributed by atoms with van der Waals surface area (Å²) in [4.78, 5) is 0. The maximum absolute atomic E-state index is 9.47. The molecular formula is C44H30N2O. The second kappa shape index (κ2) is 8.90. The Morgan fingerprint density at radius 2 is 1.43 bits per heavy atom. The summed E-state index contributed by atoms with van der Waals surface area (Å²) in [6, 6.07) is 41.8. The molecule has 0 amide bonds. The number of aromatic nitrogens is 1. The van der Waals surface area contributed by atoms with E-state index in [0.29, 0.717) is 5.56 Å². The topological polar surface area (TPSA) is 41.9 Å². The number of nitrogens with zero attached hydrogens (tertiary/aromatic N) is 2. The van der Waals surface area contributed by atoms with Gasteiger partial charge >= 0.3 is 0 Å². The first-order chi connectivity index (χ1) is 22.8. The van der Waals surface area contributed by atoms with Crippen LogP contribution in [-0.4, -0.2) is 4.57 Å². The number of aryl methyl sites for hydroxylation is 2. The smallest absolute Gasteiger partial charge is 0.137 e. The lowest BCUT2D eigenvalue weighted by Crippen LogP contribution is -2.15. The molecule has 2 heterocycles. The fraction of sp³-hybridized carbons (Fsp3) is 0.114. The van der Waals surface area contributed by atoms with Crippen molar-refractivity contribution in [2.45, 2.75) is 33.1 Å². The minimum Gasteiger partial charge on any atom is -0.456 e. The normalized spacial score (nSPS) is 13.7. The predicted octanol–water partition coefficient (Wildman–Crippen LogP) is 11.8. The lowest BCUT2D eigenvalue weighted by atomic mass is 9.80. The molecule has 0 spiro atoms. The molecule has 7 aromatic carbocycles. The molecule has 0 unspecified atom stereocenters. The summed E-state index contributed by atoms with van der Waals surface area (Å²) >= 11 is 0. The minimum absolute atomic E-state index is 0.161. The highest BCUT2D eigenvalue weighted by Gasteiger charge is 2.38. The number of nitriles is 1.